The van der Waals surface area contributed by atoms with Gasteiger partial charge in [-0.1, -0.05) is 0 Å². The Balaban J connectivity index is 1.62. The van der Waals surface area contributed by atoms with Crippen molar-refractivity contribution in [1.82, 2.24) is 0 Å². The molecule has 21 heavy (non-hydrogen) atoms. The van der Waals surface area contributed by atoms with Gasteiger partial charge in [0.25, 0.3) is 0 Å². The van der Waals surface area contributed by atoms with Crippen LogP contribution in [0.1, 0.15) is 6.92 Å². The molecule has 1 aromatic carbocycles. The number of thioether (sulfide) groups is 2. The minimum Gasteiger partial charge on any atom is -0.377 e. The van der Waals surface area contributed by atoms with Crippen LogP contribution in [0.2, 0.25) is 0 Å². The maximum Gasteiger partial charge on any atom is 0.247 e. The molecule has 0 radical (unpaired) electrons. The molecule has 0 saturated carbocycles. The molecule has 1 atom stereocenters. The number of hydrogen-bond donors (Lipinski definition) is 1. The van der Waals surface area contributed by atoms with E-state index >= 15 is 0 Å². The minimum absolute atomic E-state index is 0.0453. The third kappa shape index (κ3) is 3.67. The van der Waals surface area contributed by atoms with Gasteiger partial charge in [-0.15, -0.1) is 23.5 Å². The number of amides is 1. The Kier molecular flexibility index (Phi) is 4.98. The highest BCUT2D eigenvalue weighted by Crippen LogP contribution is 2.32. The fourth-order valence-electron chi connectivity index (χ4n) is 2.56. The minimum atomic E-state index is 0.0453. The summed E-state index contributed by atoms with van der Waals surface area (Å²) in [6.07, 6.45) is 0. The summed E-state index contributed by atoms with van der Waals surface area (Å²) in [5, 5.41) is 3.00. The molecule has 1 aromatic rings. The third-order valence-electron chi connectivity index (χ3n) is 3.67. The SMILES string of the molecule is C[C@H]1COCCN1c1ccc(NC(=O)C2SCCS2)cc1. The molecule has 0 unspecified atom stereocenters. The van der Waals surface area contributed by atoms with Gasteiger partial charge in [-0.3, -0.25) is 4.79 Å². The lowest BCUT2D eigenvalue weighted by Crippen LogP contribution is -2.43. The lowest BCUT2D eigenvalue weighted by Gasteiger charge is -2.35. The zero-order chi connectivity index (χ0) is 14.7. The number of ether oxygens (including phenoxy) is 1. The first-order valence-corrected chi connectivity index (χ1v) is 9.32. The summed E-state index contributed by atoms with van der Waals surface area (Å²) in [6.45, 7) is 4.64. The zero-order valence-corrected chi connectivity index (χ0v) is 13.7. The van der Waals surface area contributed by atoms with Crippen molar-refractivity contribution in [3.05, 3.63) is 24.3 Å². The molecular formula is C15H20N2O2S2. The molecule has 2 fully saturated rings. The van der Waals surface area contributed by atoms with Gasteiger partial charge >= 0.3 is 0 Å². The van der Waals surface area contributed by atoms with Crippen molar-refractivity contribution in [1.29, 1.82) is 0 Å². The van der Waals surface area contributed by atoms with E-state index in [1.165, 1.54) is 5.69 Å². The highest BCUT2D eigenvalue weighted by atomic mass is 32.2. The van der Waals surface area contributed by atoms with Crippen LogP contribution < -0.4 is 10.2 Å². The molecule has 0 aromatic heterocycles. The Labute approximate surface area is 134 Å². The lowest BCUT2D eigenvalue weighted by molar-refractivity contribution is -0.114. The van der Waals surface area contributed by atoms with Gasteiger partial charge in [-0.05, 0) is 31.2 Å². The van der Waals surface area contributed by atoms with Gasteiger partial charge in [0, 0.05) is 35.5 Å². The maximum absolute atomic E-state index is 12.1. The van der Waals surface area contributed by atoms with E-state index in [0.717, 1.165) is 37.0 Å². The third-order valence-corrected chi connectivity index (χ3v) is 6.66. The van der Waals surface area contributed by atoms with E-state index in [9.17, 15) is 4.79 Å². The van der Waals surface area contributed by atoms with E-state index in [4.69, 9.17) is 4.74 Å². The van der Waals surface area contributed by atoms with Crippen LogP contribution in [0.4, 0.5) is 11.4 Å². The van der Waals surface area contributed by atoms with Gasteiger partial charge in [-0.25, -0.2) is 0 Å². The number of carbonyl (C=O) groups is 1. The number of hydrogen-bond acceptors (Lipinski definition) is 5. The van der Waals surface area contributed by atoms with Gasteiger partial charge in [-0.2, -0.15) is 0 Å². The molecule has 4 nitrogen and oxygen atoms in total. The molecule has 2 aliphatic rings. The van der Waals surface area contributed by atoms with E-state index < -0.39 is 0 Å². The second kappa shape index (κ2) is 6.94. The number of benzene rings is 1. The summed E-state index contributed by atoms with van der Waals surface area (Å²) in [5.74, 6) is 2.24. The number of rotatable bonds is 3. The van der Waals surface area contributed by atoms with Gasteiger partial charge in [0.2, 0.25) is 5.91 Å². The van der Waals surface area contributed by atoms with E-state index in [-0.39, 0.29) is 10.5 Å². The number of carbonyl (C=O) groups excluding carboxylic acids is 1. The van der Waals surface area contributed by atoms with Crippen LogP contribution >= 0.6 is 23.5 Å². The van der Waals surface area contributed by atoms with E-state index in [2.05, 4.69) is 29.3 Å². The highest BCUT2D eigenvalue weighted by Gasteiger charge is 2.24. The van der Waals surface area contributed by atoms with Crippen molar-refractivity contribution in [2.45, 2.75) is 17.5 Å². The van der Waals surface area contributed by atoms with Crippen LogP contribution in [0.25, 0.3) is 0 Å². The van der Waals surface area contributed by atoms with Crippen molar-refractivity contribution >= 4 is 40.8 Å². The first-order chi connectivity index (χ1) is 10.2. The molecule has 0 aliphatic carbocycles. The van der Waals surface area contributed by atoms with Crippen molar-refractivity contribution in [3.8, 4) is 0 Å². The molecule has 2 saturated heterocycles. The summed E-state index contributed by atoms with van der Waals surface area (Å²) >= 11 is 3.45. The van der Waals surface area contributed by atoms with Crippen molar-refractivity contribution in [2.24, 2.45) is 0 Å². The molecule has 1 amide bonds. The Morgan fingerprint density at radius 2 is 2.00 bits per heavy atom. The summed E-state index contributed by atoms with van der Waals surface area (Å²) in [7, 11) is 0. The quantitative estimate of drug-likeness (QED) is 0.926. The number of nitrogens with one attached hydrogen (secondary N) is 1. The number of morpholine rings is 1. The van der Waals surface area contributed by atoms with E-state index in [0.29, 0.717) is 6.04 Å². The summed E-state index contributed by atoms with van der Waals surface area (Å²) in [6, 6.07) is 8.52. The number of nitrogens with zero attached hydrogens (tertiary/aromatic N) is 1. The van der Waals surface area contributed by atoms with E-state index in [1.807, 2.05) is 12.1 Å². The molecule has 2 heterocycles. The van der Waals surface area contributed by atoms with Gasteiger partial charge in [0.05, 0.1) is 13.2 Å². The fraction of sp³-hybridized carbons (Fsp3) is 0.533. The number of anilines is 2. The average Bonchev–Trinajstić information content (AvgIpc) is 3.03. The predicted octanol–water partition coefficient (Wildman–Crippen LogP) is 2.66. The Bertz CT molecular complexity index is 489. The molecule has 6 heteroatoms. The average molecular weight is 324 g/mol. The van der Waals surface area contributed by atoms with Gasteiger partial charge in [0.1, 0.15) is 4.58 Å². The summed E-state index contributed by atoms with van der Waals surface area (Å²) in [4.78, 5) is 14.4. The molecule has 0 spiro atoms. The Hall–Kier alpha value is -0.850. The van der Waals surface area contributed by atoms with Crippen LogP contribution in [0.5, 0.6) is 0 Å². The van der Waals surface area contributed by atoms with Crippen LogP contribution in [0, 0.1) is 0 Å². The van der Waals surface area contributed by atoms with Crippen molar-refractivity contribution in [3.63, 3.8) is 0 Å². The van der Waals surface area contributed by atoms with Crippen LogP contribution in [0.3, 0.4) is 0 Å². The molecule has 0 bridgehead atoms. The molecule has 2 aliphatic heterocycles. The fourth-order valence-corrected chi connectivity index (χ4v) is 5.14. The predicted molar refractivity (Wildman–Crippen MR) is 91.4 cm³/mol. The molecule has 114 valence electrons. The first-order valence-electron chi connectivity index (χ1n) is 7.22. The van der Waals surface area contributed by atoms with Crippen molar-refractivity contribution < 1.29 is 9.53 Å². The Morgan fingerprint density at radius 3 is 2.67 bits per heavy atom. The topological polar surface area (TPSA) is 41.6 Å². The zero-order valence-electron chi connectivity index (χ0n) is 12.1. The summed E-state index contributed by atoms with van der Waals surface area (Å²) in [5.41, 5.74) is 2.06. The Morgan fingerprint density at radius 1 is 1.29 bits per heavy atom. The van der Waals surface area contributed by atoms with Crippen LogP contribution in [-0.2, 0) is 9.53 Å². The molecule has 1 N–H and O–H groups in total. The standard InChI is InChI=1S/C15H20N2O2S2/c1-11-10-19-7-6-17(11)13-4-2-12(3-5-13)16-14(18)15-20-8-9-21-15/h2-5,11,15H,6-10H2,1H3,(H,16,18)/t11-/m0/s1. The van der Waals surface area contributed by atoms with Crippen LogP contribution in [0.15, 0.2) is 24.3 Å². The first kappa shape index (κ1) is 15.1. The second-order valence-corrected chi connectivity index (χ2v) is 7.95. The smallest absolute Gasteiger partial charge is 0.247 e. The van der Waals surface area contributed by atoms with Crippen molar-refractivity contribution in [2.75, 3.05) is 41.5 Å². The van der Waals surface area contributed by atoms with E-state index in [1.54, 1.807) is 23.5 Å². The lowest BCUT2D eigenvalue weighted by atomic mass is 10.2. The normalized spacial score (nSPS) is 23.3. The summed E-state index contributed by atoms with van der Waals surface area (Å²) < 4.78 is 5.51. The maximum atomic E-state index is 12.1. The van der Waals surface area contributed by atoms with Gasteiger partial charge in [0.15, 0.2) is 0 Å². The largest absolute Gasteiger partial charge is 0.377 e. The molecule has 3 rings (SSSR count). The monoisotopic (exact) mass is 324 g/mol. The second-order valence-electron chi connectivity index (χ2n) is 5.23. The van der Waals surface area contributed by atoms with Gasteiger partial charge < -0.3 is 15.0 Å². The molecular weight excluding hydrogens is 304 g/mol. The highest BCUT2D eigenvalue weighted by molar-refractivity contribution is 8.21. The van der Waals surface area contributed by atoms with Crippen LogP contribution in [-0.4, -0.2) is 47.8 Å².